The molecule has 6 nitrogen and oxygen atoms in total. The van der Waals surface area contributed by atoms with E-state index in [4.69, 9.17) is 0 Å². The standard InChI is InChI=1S/C18H21N5O/c1-23-11-10-19-18(23)17(15-7-3-2-4-8-15)22-16(24)9-5-6-14-12-20-21-13-14/h2-4,7-8,10-13,17H,5-6,9H2,1H3,(H,20,21)(H,22,24). The first-order valence-electron chi connectivity index (χ1n) is 8.03. The summed E-state index contributed by atoms with van der Waals surface area (Å²) in [5, 5.41) is 9.81. The van der Waals surface area contributed by atoms with E-state index in [1.807, 2.05) is 54.3 Å². The third-order valence-electron chi connectivity index (χ3n) is 3.98. The molecule has 0 aliphatic heterocycles. The number of carbonyl (C=O) groups is 1. The van der Waals surface area contributed by atoms with Gasteiger partial charge in [-0.05, 0) is 24.0 Å². The van der Waals surface area contributed by atoms with Gasteiger partial charge < -0.3 is 9.88 Å². The molecular formula is C18H21N5O. The van der Waals surface area contributed by atoms with Gasteiger partial charge in [-0.1, -0.05) is 30.3 Å². The van der Waals surface area contributed by atoms with Crippen LogP contribution < -0.4 is 5.32 Å². The minimum atomic E-state index is -0.243. The second-order valence-corrected chi connectivity index (χ2v) is 5.77. The SMILES string of the molecule is Cn1ccnc1C(NC(=O)CCCc1cn[nH]c1)c1ccccc1. The summed E-state index contributed by atoms with van der Waals surface area (Å²) in [6.45, 7) is 0. The first-order chi connectivity index (χ1) is 11.7. The molecule has 124 valence electrons. The largest absolute Gasteiger partial charge is 0.342 e. The Labute approximate surface area is 140 Å². The second kappa shape index (κ2) is 7.59. The minimum absolute atomic E-state index is 0.0235. The van der Waals surface area contributed by atoms with Crippen LogP contribution >= 0.6 is 0 Å². The second-order valence-electron chi connectivity index (χ2n) is 5.77. The summed E-state index contributed by atoms with van der Waals surface area (Å²) in [5.41, 5.74) is 2.14. The lowest BCUT2D eigenvalue weighted by molar-refractivity contribution is -0.121. The number of aromatic nitrogens is 4. The molecule has 1 unspecified atom stereocenters. The molecule has 0 saturated heterocycles. The number of carbonyl (C=O) groups excluding carboxylic acids is 1. The lowest BCUT2D eigenvalue weighted by Gasteiger charge is -2.19. The van der Waals surface area contributed by atoms with E-state index in [9.17, 15) is 4.79 Å². The predicted octanol–water partition coefficient (Wildman–Crippen LogP) is 2.37. The quantitative estimate of drug-likeness (QED) is 0.701. The number of imidazole rings is 1. The molecule has 2 N–H and O–H groups in total. The molecule has 24 heavy (non-hydrogen) atoms. The fourth-order valence-corrected chi connectivity index (χ4v) is 2.70. The molecule has 2 heterocycles. The van der Waals surface area contributed by atoms with Crippen molar-refractivity contribution in [3.63, 3.8) is 0 Å². The summed E-state index contributed by atoms with van der Waals surface area (Å²) >= 11 is 0. The first-order valence-corrected chi connectivity index (χ1v) is 8.03. The first kappa shape index (κ1) is 16.0. The van der Waals surface area contributed by atoms with Crippen molar-refractivity contribution in [3.05, 3.63) is 72.1 Å². The Morgan fingerprint density at radius 2 is 2.17 bits per heavy atom. The van der Waals surface area contributed by atoms with Gasteiger partial charge in [-0.25, -0.2) is 4.98 Å². The lowest BCUT2D eigenvalue weighted by Crippen LogP contribution is -2.31. The highest BCUT2D eigenvalue weighted by atomic mass is 16.1. The van der Waals surface area contributed by atoms with Gasteiger partial charge in [-0.2, -0.15) is 5.10 Å². The van der Waals surface area contributed by atoms with Gasteiger partial charge in [0, 0.05) is 32.1 Å². The number of hydrogen-bond acceptors (Lipinski definition) is 3. The van der Waals surface area contributed by atoms with Crippen LogP contribution in [-0.2, 0) is 18.3 Å². The molecule has 0 radical (unpaired) electrons. The molecule has 6 heteroatoms. The zero-order valence-corrected chi connectivity index (χ0v) is 13.6. The van der Waals surface area contributed by atoms with E-state index in [2.05, 4.69) is 20.5 Å². The molecule has 3 rings (SSSR count). The molecule has 0 fully saturated rings. The van der Waals surface area contributed by atoms with Crippen LogP contribution in [0.4, 0.5) is 0 Å². The Kier molecular flexibility index (Phi) is 5.05. The summed E-state index contributed by atoms with van der Waals surface area (Å²) in [7, 11) is 1.93. The number of amides is 1. The van der Waals surface area contributed by atoms with Gasteiger partial charge in [-0.15, -0.1) is 0 Å². The Bertz CT molecular complexity index is 764. The third kappa shape index (κ3) is 3.90. The van der Waals surface area contributed by atoms with Crippen LogP contribution in [0.25, 0.3) is 0 Å². The molecule has 1 atom stereocenters. The predicted molar refractivity (Wildman–Crippen MR) is 91.2 cm³/mol. The molecule has 0 spiro atoms. The number of nitrogens with one attached hydrogen (secondary N) is 2. The van der Waals surface area contributed by atoms with Crippen LogP contribution in [0.1, 0.15) is 35.8 Å². The van der Waals surface area contributed by atoms with Gasteiger partial charge in [0.2, 0.25) is 5.91 Å². The van der Waals surface area contributed by atoms with Crippen molar-refractivity contribution in [2.75, 3.05) is 0 Å². The Balaban J connectivity index is 1.65. The molecule has 2 aromatic heterocycles. The van der Waals surface area contributed by atoms with Crippen LogP contribution in [0.15, 0.2) is 55.1 Å². The van der Waals surface area contributed by atoms with Crippen molar-refractivity contribution in [1.82, 2.24) is 25.1 Å². The van der Waals surface area contributed by atoms with E-state index in [1.165, 1.54) is 0 Å². The monoisotopic (exact) mass is 323 g/mol. The van der Waals surface area contributed by atoms with Gasteiger partial charge in [-0.3, -0.25) is 9.89 Å². The van der Waals surface area contributed by atoms with Crippen LogP contribution in [0, 0.1) is 0 Å². The van der Waals surface area contributed by atoms with Gasteiger partial charge in [0.05, 0.1) is 6.20 Å². The summed E-state index contributed by atoms with van der Waals surface area (Å²) < 4.78 is 1.93. The Morgan fingerprint density at radius 1 is 1.33 bits per heavy atom. The van der Waals surface area contributed by atoms with Crippen LogP contribution in [0.2, 0.25) is 0 Å². The average molecular weight is 323 g/mol. The fourth-order valence-electron chi connectivity index (χ4n) is 2.70. The van der Waals surface area contributed by atoms with Crippen molar-refractivity contribution in [2.45, 2.75) is 25.3 Å². The maximum Gasteiger partial charge on any atom is 0.220 e. The third-order valence-corrected chi connectivity index (χ3v) is 3.98. The van der Waals surface area contributed by atoms with Crippen LogP contribution in [0.3, 0.4) is 0 Å². The summed E-state index contributed by atoms with van der Waals surface area (Å²) in [6.07, 6.45) is 9.37. The molecule has 3 aromatic rings. The van der Waals surface area contributed by atoms with E-state index < -0.39 is 0 Å². The van der Waals surface area contributed by atoms with Crippen molar-refractivity contribution in [2.24, 2.45) is 7.05 Å². The van der Waals surface area contributed by atoms with Crippen molar-refractivity contribution in [3.8, 4) is 0 Å². The number of benzene rings is 1. The van der Waals surface area contributed by atoms with Crippen molar-refractivity contribution in [1.29, 1.82) is 0 Å². The highest BCUT2D eigenvalue weighted by Gasteiger charge is 2.20. The summed E-state index contributed by atoms with van der Waals surface area (Å²) in [4.78, 5) is 16.8. The fraction of sp³-hybridized carbons (Fsp3) is 0.278. The van der Waals surface area contributed by atoms with Gasteiger partial charge in [0.25, 0.3) is 0 Å². The van der Waals surface area contributed by atoms with Gasteiger partial charge in [0.1, 0.15) is 11.9 Å². The molecular weight excluding hydrogens is 302 g/mol. The maximum absolute atomic E-state index is 12.4. The maximum atomic E-state index is 12.4. The van der Waals surface area contributed by atoms with Gasteiger partial charge >= 0.3 is 0 Å². The molecule has 0 saturated carbocycles. The lowest BCUT2D eigenvalue weighted by atomic mass is 10.1. The number of H-pyrrole nitrogens is 1. The number of aromatic amines is 1. The summed E-state index contributed by atoms with van der Waals surface area (Å²) in [5.74, 6) is 0.847. The molecule has 0 bridgehead atoms. The number of rotatable bonds is 7. The van der Waals surface area contributed by atoms with Crippen LogP contribution in [-0.4, -0.2) is 25.7 Å². The van der Waals surface area contributed by atoms with E-state index in [0.29, 0.717) is 6.42 Å². The van der Waals surface area contributed by atoms with E-state index in [-0.39, 0.29) is 11.9 Å². The average Bonchev–Trinajstić information content (AvgIpc) is 3.25. The Hall–Kier alpha value is -2.89. The van der Waals surface area contributed by atoms with Crippen molar-refractivity contribution >= 4 is 5.91 Å². The van der Waals surface area contributed by atoms with Crippen molar-refractivity contribution < 1.29 is 4.79 Å². The molecule has 0 aliphatic rings. The summed E-state index contributed by atoms with van der Waals surface area (Å²) in [6, 6.07) is 9.67. The number of aryl methyl sites for hydroxylation is 2. The Morgan fingerprint density at radius 3 is 2.83 bits per heavy atom. The van der Waals surface area contributed by atoms with E-state index >= 15 is 0 Å². The van der Waals surface area contributed by atoms with Gasteiger partial charge in [0.15, 0.2) is 0 Å². The molecule has 1 aromatic carbocycles. The normalized spacial score (nSPS) is 12.0. The highest BCUT2D eigenvalue weighted by molar-refractivity contribution is 5.76. The minimum Gasteiger partial charge on any atom is -0.342 e. The van der Waals surface area contributed by atoms with E-state index in [0.717, 1.165) is 29.8 Å². The molecule has 1 amide bonds. The highest BCUT2D eigenvalue weighted by Crippen LogP contribution is 2.20. The zero-order valence-electron chi connectivity index (χ0n) is 13.6. The number of nitrogens with zero attached hydrogens (tertiary/aromatic N) is 3. The zero-order chi connectivity index (χ0) is 16.8. The van der Waals surface area contributed by atoms with Crippen LogP contribution in [0.5, 0.6) is 0 Å². The smallest absolute Gasteiger partial charge is 0.220 e. The molecule has 0 aliphatic carbocycles. The number of hydrogen-bond donors (Lipinski definition) is 2. The van der Waals surface area contributed by atoms with E-state index in [1.54, 1.807) is 12.4 Å². The topological polar surface area (TPSA) is 75.6 Å².